The van der Waals surface area contributed by atoms with Crippen LogP contribution in [0.25, 0.3) is 0 Å². The number of nitrogens with one attached hydrogen (secondary N) is 2. The van der Waals surface area contributed by atoms with Crippen LogP contribution >= 0.6 is 0 Å². The van der Waals surface area contributed by atoms with Gasteiger partial charge in [-0.05, 0) is 24.1 Å². The molecule has 0 radical (unpaired) electrons. The fourth-order valence-corrected chi connectivity index (χ4v) is 2.08. The standard InChI is InChI=1S/C18H22N4O2/c1-5-7-12-8-6-9-13(16(12)23)11-19-22-17(24)14-10-15(21-20-14)18(2,3)4/h5-6,8-11,23H,1,7H2,2-4H3,(H,20,21)(H,22,24). The fourth-order valence-electron chi connectivity index (χ4n) is 2.08. The molecule has 0 spiro atoms. The number of nitrogens with zero attached hydrogens (tertiary/aromatic N) is 2. The van der Waals surface area contributed by atoms with Crippen LogP contribution in [0.4, 0.5) is 0 Å². The summed E-state index contributed by atoms with van der Waals surface area (Å²) in [5, 5.41) is 20.9. The fraction of sp³-hybridized carbons (Fsp3) is 0.278. The number of phenols is 1. The third kappa shape index (κ3) is 4.10. The number of allylic oxidation sites excluding steroid dienone is 1. The molecule has 1 heterocycles. The molecule has 24 heavy (non-hydrogen) atoms. The maximum absolute atomic E-state index is 12.0. The van der Waals surface area contributed by atoms with Crippen LogP contribution in [0.1, 0.15) is 48.1 Å². The Bertz CT molecular complexity index is 770. The summed E-state index contributed by atoms with van der Waals surface area (Å²) < 4.78 is 0. The number of benzene rings is 1. The quantitative estimate of drug-likeness (QED) is 0.448. The SMILES string of the molecule is C=CCc1cccc(C=NNC(=O)c2cc(C(C)(C)C)[nH]n2)c1O. The zero-order valence-corrected chi connectivity index (χ0v) is 14.1. The molecule has 1 aromatic heterocycles. The molecule has 2 rings (SSSR count). The van der Waals surface area contributed by atoms with Crippen molar-refractivity contribution in [3.63, 3.8) is 0 Å². The van der Waals surface area contributed by atoms with Crippen LogP contribution in [0, 0.1) is 0 Å². The van der Waals surface area contributed by atoms with E-state index in [0.717, 1.165) is 11.3 Å². The molecule has 6 nitrogen and oxygen atoms in total. The smallest absolute Gasteiger partial charge is 0.291 e. The van der Waals surface area contributed by atoms with Gasteiger partial charge in [-0.25, -0.2) is 5.43 Å². The predicted octanol–water partition coefficient (Wildman–Crippen LogP) is 2.91. The summed E-state index contributed by atoms with van der Waals surface area (Å²) >= 11 is 0. The van der Waals surface area contributed by atoms with E-state index in [2.05, 4.69) is 27.3 Å². The number of aromatic hydroxyl groups is 1. The number of hydrazone groups is 1. The number of carbonyl (C=O) groups is 1. The minimum absolute atomic E-state index is 0.119. The summed E-state index contributed by atoms with van der Waals surface area (Å²) in [6.07, 6.45) is 3.67. The molecule has 1 aromatic carbocycles. The van der Waals surface area contributed by atoms with Crippen LogP contribution in [-0.4, -0.2) is 27.4 Å². The molecule has 0 saturated heterocycles. The largest absolute Gasteiger partial charge is 0.507 e. The van der Waals surface area contributed by atoms with E-state index in [4.69, 9.17) is 0 Å². The Morgan fingerprint density at radius 1 is 1.46 bits per heavy atom. The van der Waals surface area contributed by atoms with Gasteiger partial charge >= 0.3 is 0 Å². The van der Waals surface area contributed by atoms with Crippen molar-refractivity contribution in [3.05, 3.63) is 59.4 Å². The summed E-state index contributed by atoms with van der Waals surface area (Å²) in [6.45, 7) is 9.73. The Morgan fingerprint density at radius 3 is 2.83 bits per heavy atom. The second-order valence-corrected chi connectivity index (χ2v) is 6.46. The highest BCUT2D eigenvalue weighted by Gasteiger charge is 2.19. The minimum Gasteiger partial charge on any atom is -0.507 e. The molecular weight excluding hydrogens is 304 g/mol. The van der Waals surface area contributed by atoms with E-state index in [1.54, 1.807) is 18.2 Å². The van der Waals surface area contributed by atoms with Crippen molar-refractivity contribution < 1.29 is 9.90 Å². The first-order valence-corrected chi connectivity index (χ1v) is 7.64. The number of rotatable bonds is 5. The van der Waals surface area contributed by atoms with E-state index in [9.17, 15) is 9.90 Å². The van der Waals surface area contributed by atoms with Gasteiger partial charge in [-0.1, -0.05) is 39.0 Å². The lowest BCUT2D eigenvalue weighted by atomic mass is 9.92. The van der Waals surface area contributed by atoms with Gasteiger partial charge in [0.15, 0.2) is 5.69 Å². The summed E-state index contributed by atoms with van der Waals surface area (Å²) in [5.41, 5.74) is 4.69. The maximum atomic E-state index is 12.0. The first-order valence-electron chi connectivity index (χ1n) is 7.64. The highest BCUT2D eigenvalue weighted by Crippen LogP contribution is 2.22. The van der Waals surface area contributed by atoms with E-state index < -0.39 is 5.91 Å². The van der Waals surface area contributed by atoms with Crippen molar-refractivity contribution in [3.8, 4) is 5.75 Å². The highest BCUT2D eigenvalue weighted by molar-refractivity contribution is 5.93. The Hall–Kier alpha value is -2.89. The van der Waals surface area contributed by atoms with E-state index in [-0.39, 0.29) is 16.9 Å². The average Bonchev–Trinajstić information content (AvgIpc) is 3.01. The Labute approximate surface area is 141 Å². The third-order valence-corrected chi connectivity index (χ3v) is 3.50. The lowest BCUT2D eigenvalue weighted by Gasteiger charge is -2.14. The van der Waals surface area contributed by atoms with E-state index in [1.165, 1.54) is 6.21 Å². The second kappa shape index (κ2) is 7.12. The van der Waals surface area contributed by atoms with Gasteiger partial charge in [0.25, 0.3) is 5.91 Å². The number of phenolic OH excluding ortho intramolecular Hbond substituents is 1. The average molecular weight is 326 g/mol. The van der Waals surface area contributed by atoms with Gasteiger partial charge in [-0.15, -0.1) is 6.58 Å². The van der Waals surface area contributed by atoms with Gasteiger partial charge in [0.2, 0.25) is 0 Å². The molecule has 0 saturated carbocycles. The number of para-hydroxylation sites is 1. The van der Waals surface area contributed by atoms with Crippen LogP contribution < -0.4 is 5.43 Å². The molecule has 3 N–H and O–H groups in total. The number of hydrogen-bond donors (Lipinski definition) is 3. The molecule has 6 heteroatoms. The van der Waals surface area contributed by atoms with E-state index >= 15 is 0 Å². The normalized spacial score (nSPS) is 11.6. The van der Waals surface area contributed by atoms with Crippen molar-refractivity contribution in [1.82, 2.24) is 15.6 Å². The Balaban J connectivity index is 2.06. The molecule has 0 aliphatic rings. The van der Waals surface area contributed by atoms with Gasteiger partial charge in [0.05, 0.1) is 6.21 Å². The molecule has 1 amide bonds. The van der Waals surface area contributed by atoms with E-state index in [0.29, 0.717) is 12.0 Å². The lowest BCUT2D eigenvalue weighted by molar-refractivity contribution is 0.0950. The summed E-state index contributed by atoms with van der Waals surface area (Å²) in [7, 11) is 0. The minimum atomic E-state index is -0.417. The summed E-state index contributed by atoms with van der Waals surface area (Å²) in [4.78, 5) is 12.0. The van der Waals surface area contributed by atoms with Crippen molar-refractivity contribution in [2.24, 2.45) is 5.10 Å². The zero-order valence-electron chi connectivity index (χ0n) is 14.1. The van der Waals surface area contributed by atoms with Gasteiger partial charge in [0, 0.05) is 16.7 Å². The molecule has 0 unspecified atom stereocenters. The molecule has 0 atom stereocenters. The van der Waals surface area contributed by atoms with Crippen LogP contribution in [0.15, 0.2) is 42.0 Å². The molecule has 126 valence electrons. The monoisotopic (exact) mass is 326 g/mol. The van der Waals surface area contributed by atoms with Gasteiger partial charge in [0.1, 0.15) is 5.75 Å². The Morgan fingerprint density at radius 2 is 2.21 bits per heavy atom. The number of H-pyrrole nitrogens is 1. The molecule has 0 aliphatic heterocycles. The lowest BCUT2D eigenvalue weighted by Crippen LogP contribution is -2.18. The van der Waals surface area contributed by atoms with Crippen LogP contribution in [0.5, 0.6) is 5.75 Å². The van der Waals surface area contributed by atoms with Crippen LogP contribution in [-0.2, 0) is 11.8 Å². The van der Waals surface area contributed by atoms with Gasteiger partial charge in [-0.2, -0.15) is 10.2 Å². The van der Waals surface area contributed by atoms with Gasteiger partial charge in [-0.3, -0.25) is 9.89 Å². The number of aromatic amines is 1. The zero-order chi connectivity index (χ0) is 17.7. The maximum Gasteiger partial charge on any atom is 0.291 e. The number of hydrogen-bond acceptors (Lipinski definition) is 4. The summed E-state index contributed by atoms with van der Waals surface area (Å²) in [5.74, 6) is -0.287. The second-order valence-electron chi connectivity index (χ2n) is 6.46. The first kappa shape index (κ1) is 17.5. The predicted molar refractivity (Wildman–Crippen MR) is 94.4 cm³/mol. The van der Waals surface area contributed by atoms with Crippen LogP contribution in [0.3, 0.4) is 0 Å². The number of aromatic nitrogens is 2. The van der Waals surface area contributed by atoms with Crippen LogP contribution in [0.2, 0.25) is 0 Å². The van der Waals surface area contributed by atoms with E-state index in [1.807, 2.05) is 32.9 Å². The van der Waals surface area contributed by atoms with Crippen molar-refractivity contribution in [2.45, 2.75) is 32.6 Å². The Kier molecular flexibility index (Phi) is 5.18. The van der Waals surface area contributed by atoms with Crippen molar-refractivity contribution in [1.29, 1.82) is 0 Å². The molecule has 2 aromatic rings. The number of carbonyl (C=O) groups excluding carboxylic acids is 1. The molecule has 0 fully saturated rings. The van der Waals surface area contributed by atoms with Crippen molar-refractivity contribution in [2.75, 3.05) is 0 Å². The third-order valence-electron chi connectivity index (χ3n) is 3.50. The summed E-state index contributed by atoms with van der Waals surface area (Å²) in [6, 6.07) is 7.03. The van der Waals surface area contributed by atoms with Gasteiger partial charge < -0.3 is 5.11 Å². The molecule has 0 aliphatic carbocycles. The highest BCUT2D eigenvalue weighted by atomic mass is 16.3. The molecular formula is C18H22N4O2. The van der Waals surface area contributed by atoms with Crippen molar-refractivity contribution >= 4 is 12.1 Å². The topological polar surface area (TPSA) is 90.4 Å². The molecule has 0 bridgehead atoms. The first-order chi connectivity index (χ1) is 11.3. The number of amides is 1.